The standard InChI is InChI=1S/C9H12N2S2/c12-5-9(2-3-9)6-13-8-1-4-10-7-11-8/h1,4,7,12H,2-3,5-6H2. The van der Waals surface area contributed by atoms with Crippen LogP contribution >= 0.6 is 24.4 Å². The van der Waals surface area contributed by atoms with Gasteiger partial charge in [0.2, 0.25) is 0 Å². The van der Waals surface area contributed by atoms with E-state index in [9.17, 15) is 0 Å². The highest BCUT2D eigenvalue weighted by atomic mass is 32.2. The minimum Gasteiger partial charge on any atom is -0.245 e. The van der Waals surface area contributed by atoms with Gasteiger partial charge in [-0.2, -0.15) is 12.6 Å². The van der Waals surface area contributed by atoms with Crippen LogP contribution < -0.4 is 0 Å². The molecule has 1 heterocycles. The molecule has 2 nitrogen and oxygen atoms in total. The van der Waals surface area contributed by atoms with Gasteiger partial charge >= 0.3 is 0 Å². The van der Waals surface area contributed by atoms with Gasteiger partial charge in [-0.1, -0.05) is 0 Å². The number of hydrogen-bond acceptors (Lipinski definition) is 4. The molecule has 0 saturated heterocycles. The quantitative estimate of drug-likeness (QED) is 0.471. The van der Waals surface area contributed by atoms with Crippen LogP contribution in [0, 0.1) is 5.41 Å². The molecule has 0 radical (unpaired) electrons. The van der Waals surface area contributed by atoms with Crippen molar-refractivity contribution in [2.75, 3.05) is 11.5 Å². The third kappa shape index (κ3) is 2.38. The smallest absolute Gasteiger partial charge is 0.116 e. The van der Waals surface area contributed by atoms with Crippen LogP contribution in [0.4, 0.5) is 0 Å². The Morgan fingerprint density at radius 1 is 1.54 bits per heavy atom. The summed E-state index contributed by atoms with van der Waals surface area (Å²) in [7, 11) is 0. The largest absolute Gasteiger partial charge is 0.245 e. The monoisotopic (exact) mass is 212 g/mol. The summed E-state index contributed by atoms with van der Waals surface area (Å²) in [6.45, 7) is 0. The van der Waals surface area contributed by atoms with E-state index in [1.54, 1.807) is 12.5 Å². The first-order valence-corrected chi connectivity index (χ1v) is 5.96. The Kier molecular flexibility index (Phi) is 2.79. The van der Waals surface area contributed by atoms with Crippen LogP contribution in [0.1, 0.15) is 12.8 Å². The first-order valence-electron chi connectivity index (χ1n) is 4.34. The van der Waals surface area contributed by atoms with Crippen LogP contribution in [0.3, 0.4) is 0 Å². The summed E-state index contributed by atoms with van der Waals surface area (Å²) < 4.78 is 0. The van der Waals surface area contributed by atoms with E-state index in [0.717, 1.165) is 16.5 Å². The minimum atomic E-state index is 0.513. The number of rotatable bonds is 4. The molecule has 1 aromatic heterocycles. The maximum atomic E-state index is 4.36. The average Bonchev–Trinajstić information content (AvgIpc) is 2.97. The van der Waals surface area contributed by atoms with Crippen molar-refractivity contribution in [2.24, 2.45) is 5.41 Å². The molecule has 0 atom stereocenters. The molecule has 0 aromatic carbocycles. The van der Waals surface area contributed by atoms with Crippen molar-refractivity contribution >= 4 is 24.4 Å². The zero-order valence-corrected chi connectivity index (χ0v) is 9.02. The lowest BCUT2D eigenvalue weighted by Gasteiger charge is -2.09. The molecule has 1 aromatic rings. The van der Waals surface area contributed by atoms with Crippen LogP contribution in [-0.4, -0.2) is 21.5 Å². The number of thioether (sulfide) groups is 1. The zero-order valence-electron chi connectivity index (χ0n) is 7.31. The Hall–Kier alpha value is -0.220. The van der Waals surface area contributed by atoms with Crippen molar-refractivity contribution in [3.05, 3.63) is 18.6 Å². The zero-order chi connectivity index (χ0) is 9.15. The fourth-order valence-corrected chi connectivity index (χ4v) is 2.82. The minimum absolute atomic E-state index is 0.513. The first kappa shape index (κ1) is 9.34. The summed E-state index contributed by atoms with van der Waals surface area (Å²) in [5.41, 5.74) is 0.513. The number of nitrogens with zero attached hydrogens (tertiary/aromatic N) is 2. The van der Waals surface area contributed by atoms with E-state index in [1.807, 2.05) is 17.8 Å². The summed E-state index contributed by atoms with van der Waals surface area (Å²) in [5, 5.41) is 1.07. The summed E-state index contributed by atoms with van der Waals surface area (Å²) in [4.78, 5) is 8.06. The van der Waals surface area contributed by atoms with Crippen LogP contribution in [0.25, 0.3) is 0 Å². The van der Waals surface area contributed by atoms with Crippen LogP contribution in [0.15, 0.2) is 23.6 Å². The van der Waals surface area contributed by atoms with Gasteiger partial charge in [0.05, 0.1) is 5.03 Å². The highest BCUT2D eigenvalue weighted by Gasteiger charge is 2.40. The molecule has 0 N–H and O–H groups in total. The predicted octanol–water partition coefficient (Wildman–Crippen LogP) is 2.28. The van der Waals surface area contributed by atoms with Crippen molar-refractivity contribution in [3.63, 3.8) is 0 Å². The predicted molar refractivity (Wildman–Crippen MR) is 58.3 cm³/mol. The van der Waals surface area contributed by atoms with E-state index in [2.05, 4.69) is 22.6 Å². The van der Waals surface area contributed by atoms with Crippen molar-refractivity contribution in [1.82, 2.24) is 9.97 Å². The molecule has 13 heavy (non-hydrogen) atoms. The molecule has 1 aliphatic rings. The van der Waals surface area contributed by atoms with Crippen molar-refractivity contribution in [2.45, 2.75) is 17.9 Å². The van der Waals surface area contributed by atoms with E-state index in [4.69, 9.17) is 0 Å². The number of hydrogen-bond donors (Lipinski definition) is 1. The molecular weight excluding hydrogens is 200 g/mol. The van der Waals surface area contributed by atoms with E-state index < -0.39 is 0 Å². The van der Waals surface area contributed by atoms with E-state index in [0.29, 0.717) is 5.41 Å². The molecule has 1 fully saturated rings. The molecule has 0 unspecified atom stereocenters. The lowest BCUT2D eigenvalue weighted by Crippen LogP contribution is -2.05. The Morgan fingerprint density at radius 2 is 2.38 bits per heavy atom. The summed E-state index contributed by atoms with van der Waals surface area (Å²) in [6.07, 6.45) is 6.04. The van der Waals surface area contributed by atoms with Gasteiger partial charge in [0, 0.05) is 11.9 Å². The van der Waals surface area contributed by atoms with Gasteiger partial charge in [0.1, 0.15) is 6.33 Å². The van der Waals surface area contributed by atoms with Crippen LogP contribution in [0.5, 0.6) is 0 Å². The van der Waals surface area contributed by atoms with Gasteiger partial charge < -0.3 is 0 Å². The normalized spacial score (nSPS) is 18.5. The number of thiol groups is 1. The van der Waals surface area contributed by atoms with E-state index >= 15 is 0 Å². The average molecular weight is 212 g/mol. The highest BCUT2D eigenvalue weighted by molar-refractivity contribution is 7.99. The molecule has 4 heteroatoms. The molecule has 2 rings (SSSR count). The molecule has 0 amide bonds. The third-order valence-corrected chi connectivity index (χ3v) is 4.34. The van der Waals surface area contributed by atoms with E-state index in [1.165, 1.54) is 12.8 Å². The summed E-state index contributed by atoms with van der Waals surface area (Å²) in [5.74, 6) is 2.15. The second-order valence-corrected chi connectivity index (χ2v) is 4.81. The fourth-order valence-electron chi connectivity index (χ4n) is 1.12. The Morgan fingerprint density at radius 3 is 2.92 bits per heavy atom. The molecule has 1 saturated carbocycles. The van der Waals surface area contributed by atoms with Crippen molar-refractivity contribution < 1.29 is 0 Å². The number of aromatic nitrogens is 2. The fraction of sp³-hybridized carbons (Fsp3) is 0.556. The van der Waals surface area contributed by atoms with Gasteiger partial charge in [-0.15, -0.1) is 11.8 Å². The lowest BCUT2D eigenvalue weighted by atomic mass is 10.2. The highest BCUT2D eigenvalue weighted by Crippen LogP contribution is 2.49. The summed E-state index contributed by atoms with van der Waals surface area (Å²) in [6, 6.07) is 1.96. The molecular formula is C9H12N2S2. The third-order valence-electron chi connectivity index (χ3n) is 2.37. The first-order chi connectivity index (χ1) is 6.35. The molecule has 0 aliphatic heterocycles. The topological polar surface area (TPSA) is 25.8 Å². The van der Waals surface area contributed by atoms with Gasteiger partial charge in [0.25, 0.3) is 0 Å². The molecule has 0 bridgehead atoms. The summed E-state index contributed by atoms with van der Waals surface area (Å²) >= 11 is 6.18. The molecule has 1 aliphatic carbocycles. The Labute approximate surface area is 88.0 Å². The molecule has 70 valence electrons. The van der Waals surface area contributed by atoms with Gasteiger partial charge in [0.15, 0.2) is 0 Å². The van der Waals surface area contributed by atoms with Crippen molar-refractivity contribution in [3.8, 4) is 0 Å². The Bertz CT molecular complexity index is 272. The second-order valence-electron chi connectivity index (χ2n) is 3.49. The Balaban J connectivity index is 1.86. The second kappa shape index (κ2) is 3.88. The SMILES string of the molecule is SCC1(CSc2ccncn2)CC1. The maximum absolute atomic E-state index is 4.36. The van der Waals surface area contributed by atoms with Gasteiger partial charge in [-0.05, 0) is 30.1 Å². The lowest BCUT2D eigenvalue weighted by molar-refractivity contribution is 0.682. The molecule has 0 spiro atoms. The van der Waals surface area contributed by atoms with Gasteiger partial charge in [-0.25, -0.2) is 9.97 Å². The van der Waals surface area contributed by atoms with Gasteiger partial charge in [-0.3, -0.25) is 0 Å². The van der Waals surface area contributed by atoms with Crippen molar-refractivity contribution in [1.29, 1.82) is 0 Å². The van der Waals surface area contributed by atoms with E-state index in [-0.39, 0.29) is 0 Å². The van der Waals surface area contributed by atoms with Crippen LogP contribution in [0.2, 0.25) is 0 Å². The maximum Gasteiger partial charge on any atom is 0.116 e. The van der Waals surface area contributed by atoms with Crippen LogP contribution in [-0.2, 0) is 0 Å².